The highest BCUT2D eigenvalue weighted by Crippen LogP contribution is 2.23. The van der Waals surface area contributed by atoms with Crippen LogP contribution < -0.4 is 4.74 Å². The first-order valence-corrected chi connectivity index (χ1v) is 9.36. The lowest BCUT2D eigenvalue weighted by atomic mass is 10.1. The van der Waals surface area contributed by atoms with E-state index >= 15 is 0 Å². The van der Waals surface area contributed by atoms with Crippen LogP contribution in [0.25, 0.3) is 17.0 Å². The van der Waals surface area contributed by atoms with Crippen LogP contribution in [-0.4, -0.2) is 24.2 Å². The SMILES string of the molecule is CCOc1ccc(/C=C/C(=O)OCCCc2c[nH]c3ccc(Cl)cc23)cc1. The standard InChI is InChI=1S/C22H22ClNO3/c1-2-26-19-9-5-16(6-10-19)7-12-22(25)27-13-3-4-17-15-24-21-11-8-18(23)14-20(17)21/h5-12,14-15,24H,2-4,13H2,1H3/b12-7+. The fourth-order valence-corrected chi connectivity index (χ4v) is 3.02. The quantitative estimate of drug-likeness (QED) is 0.321. The van der Waals surface area contributed by atoms with Crippen LogP contribution in [0.2, 0.25) is 5.02 Å². The van der Waals surface area contributed by atoms with Crippen molar-refractivity contribution < 1.29 is 14.3 Å². The number of aromatic nitrogens is 1. The summed E-state index contributed by atoms with van der Waals surface area (Å²) in [4.78, 5) is 15.1. The minimum absolute atomic E-state index is 0.342. The van der Waals surface area contributed by atoms with Gasteiger partial charge in [0.15, 0.2) is 0 Å². The Morgan fingerprint density at radius 2 is 2.00 bits per heavy atom. The van der Waals surface area contributed by atoms with Crippen LogP contribution in [0.1, 0.15) is 24.5 Å². The number of H-pyrrole nitrogens is 1. The van der Waals surface area contributed by atoms with E-state index in [9.17, 15) is 4.79 Å². The van der Waals surface area contributed by atoms with Crippen LogP contribution in [-0.2, 0) is 16.0 Å². The van der Waals surface area contributed by atoms with Crippen LogP contribution >= 0.6 is 11.6 Å². The lowest BCUT2D eigenvalue weighted by Crippen LogP contribution is -2.03. The molecule has 0 aliphatic rings. The van der Waals surface area contributed by atoms with E-state index in [2.05, 4.69) is 4.98 Å². The summed E-state index contributed by atoms with van der Waals surface area (Å²) in [6, 6.07) is 13.3. The first kappa shape index (κ1) is 19.1. The molecule has 2 aromatic carbocycles. The number of ether oxygens (including phenoxy) is 2. The number of nitrogens with one attached hydrogen (secondary N) is 1. The third kappa shape index (κ3) is 5.38. The van der Waals surface area contributed by atoms with Gasteiger partial charge in [0.25, 0.3) is 0 Å². The molecule has 1 N–H and O–H groups in total. The number of carbonyl (C=O) groups is 1. The molecule has 4 nitrogen and oxygen atoms in total. The number of rotatable bonds is 8. The van der Waals surface area contributed by atoms with Crippen molar-refractivity contribution in [3.8, 4) is 5.75 Å². The summed E-state index contributed by atoms with van der Waals surface area (Å²) < 4.78 is 10.7. The van der Waals surface area contributed by atoms with Gasteiger partial charge >= 0.3 is 5.97 Å². The Balaban J connectivity index is 1.44. The highest BCUT2D eigenvalue weighted by molar-refractivity contribution is 6.31. The second kappa shape index (κ2) is 9.28. The molecular formula is C22H22ClNO3. The smallest absolute Gasteiger partial charge is 0.330 e. The van der Waals surface area contributed by atoms with Crippen LogP contribution in [0.3, 0.4) is 0 Å². The van der Waals surface area contributed by atoms with Crippen molar-refractivity contribution in [2.45, 2.75) is 19.8 Å². The number of hydrogen-bond donors (Lipinski definition) is 1. The molecule has 1 aromatic heterocycles. The largest absolute Gasteiger partial charge is 0.494 e. The molecule has 0 atom stereocenters. The molecular weight excluding hydrogens is 362 g/mol. The first-order chi connectivity index (χ1) is 13.2. The van der Waals surface area contributed by atoms with Crippen molar-refractivity contribution in [1.29, 1.82) is 0 Å². The molecule has 0 unspecified atom stereocenters. The summed E-state index contributed by atoms with van der Waals surface area (Å²) in [5.74, 6) is 0.474. The Morgan fingerprint density at radius 1 is 1.19 bits per heavy atom. The van der Waals surface area contributed by atoms with Crippen molar-refractivity contribution in [2.24, 2.45) is 0 Å². The van der Waals surface area contributed by atoms with Crippen molar-refractivity contribution in [3.63, 3.8) is 0 Å². The minimum Gasteiger partial charge on any atom is -0.494 e. The predicted molar refractivity (Wildman–Crippen MR) is 109 cm³/mol. The van der Waals surface area contributed by atoms with Gasteiger partial charge in [0.1, 0.15) is 5.75 Å². The summed E-state index contributed by atoms with van der Waals surface area (Å²) in [5, 5.41) is 1.83. The van der Waals surface area contributed by atoms with E-state index in [4.69, 9.17) is 21.1 Å². The summed E-state index contributed by atoms with van der Waals surface area (Å²) in [7, 11) is 0. The van der Waals surface area contributed by atoms with E-state index < -0.39 is 0 Å². The van der Waals surface area contributed by atoms with Crippen molar-refractivity contribution in [2.75, 3.05) is 13.2 Å². The second-order valence-corrected chi connectivity index (χ2v) is 6.55. The zero-order chi connectivity index (χ0) is 19.1. The number of carbonyl (C=O) groups excluding carboxylic acids is 1. The van der Waals surface area contributed by atoms with Gasteiger partial charge in [-0.3, -0.25) is 0 Å². The van der Waals surface area contributed by atoms with Gasteiger partial charge in [-0.1, -0.05) is 23.7 Å². The number of aryl methyl sites for hydroxylation is 1. The zero-order valence-electron chi connectivity index (χ0n) is 15.2. The van der Waals surface area contributed by atoms with Gasteiger partial charge in [-0.05, 0) is 67.3 Å². The molecule has 0 saturated heterocycles. The molecule has 140 valence electrons. The summed E-state index contributed by atoms with van der Waals surface area (Å²) in [5.41, 5.74) is 3.16. The first-order valence-electron chi connectivity index (χ1n) is 8.99. The number of fused-ring (bicyclic) bond motifs is 1. The molecule has 0 bridgehead atoms. The summed E-state index contributed by atoms with van der Waals surface area (Å²) in [6.07, 6.45) is 6.73. The number of halogens is 1. The molecule has 1 heterocycles. The average Bonchev–Trinajstić information content (AvgIpc) is 3.07. The molecule has 0 aliphatic carbocycles. The molecule has 27 heavy (non-hydrogen) atoms. The van der Waals surface area contributed by atoms with Crippen LogP contribution in [0.5, 0.6) is 5.75 Å². The topological polar surface area (TPSA) is 51.3 Å². The molecule has 0 spiro atoms. The molecule has 0 saturated carbocycles. The van der Waals surface area contributed by atoms with E-state index in [0.717, 1.165) is 35.1 Å². The molecule has 0 fully saturated rings. The van der Waals surface area contributed by atoms with Gasteiger partial charge < -0.3 is 14.5 Å². The van der Waals surface area contributed by atoms with Gasteiger partial charge in [0, 0.05) is 28.2 Å². The fourth-order valence-electron chi connectivity index (χ4n) is 2.85. The van der Waals surface area contributed by atoms with Gasteiger partial charge in [-0.2, -0.15) is 0 Å². The van der Waals surface area contributed by atoms with Gasteiger partial charge in [0.2, 0.25) is 0 Å². The highest BCUT2D eigenvalue weighted by Gasteiger charge is 2.05. The van der Waals surface area contributed by atoms with Crippen molar-refractivity contribution in [3.05, 3.63) is 70.9 Å². The summed E-state index contributed by atoms with van der Waals surface area (Å²) in [6.45, 7) is 2.95. The Hall–Kier alpha value is -2.72. The predicted octanol–water partition coefficient (Wildman–Crippen LogP) is 5.41. The van der Waals surface area contributed by atoms with E-state index in [1.54, 1.807) is 6.08 Å². The maximum absolute atomic E-state index is 11.8. The minimum atomic E-state index is -0.342. The van der Waals surface area contributed by atoms with E-state index in [0.29, 0.717) is 18.2 Å². The third-order valence-electron chi connectivity index (χ3n) is 4.17. The molecule has 3 aromatic rings. The normalized spacial score (nSPS) is 11.2. The Morgan fingerprint density at radius 3 is 2.78 bits per heavy atom. The molecule has 0 amide bonds. The van der Waals surface area contributed by atoms with Gasteiger partial charge in [-0.15, -0.1) is 0 Å². The highest BCUT2D eigenvalue weighted by atomic mass is 35.5. The fraction of sp³-hybridized carbons (Fsp3) is 0.227. The van der Waals surface area contributed by atoms with E-state index in [1.165, 1.54) is 11.6 Å². The zero-order valence-corrected chi connectivity index (χ0v) is 16.0. The van der Waals surface area contributed by atoms with Crippen LogP contribution in [0.4, 0.5) is 0 Å². The summed E-state index contributed by atoms with van der Waals surface area (Å²) >= 11 is 6.06. The number of aromatic amines is 1. The van der Waals surface area contributed by atoms with E-state index in [-0.39, 0.29) is 5.97 Å². The van der Waals surface area contributed by atoms with Gasteiger partial charge in [-0.25, -0.2) is 4.79 Å². The maximum Gasteiger partial charge on any atom is 0.330 e. The molecule has 3 rings (SSSR count). The molecule has 0 radical (unpaired) electrons. The van der Waals surface area contributed by atoms with E-state index in [1.807, 2.05) is 55.6 Å². The molecule has 0 aliphatic heterocycles. The van der Waals surface area contributed by atoms with Gasteiger partial charge in [0.05, 0.1) is 13.2 Å². The monoisotopic (exact) mass is 383 g/mol. The average molecular weight is 384 g/mol. The Labute approximate surface area is 163 Å². The van der Waals surface area contributed by atoms with Crippen LogP contribution in [0, 0.1) is 0 Å². The number of esters is 1. The number of benzene rings is 2. The lowest BCUT2D eigenvalue weighted by Gasteiger charge is -2.03. The maximum atomic E-state index is 11.8. The Bertz CT molecular complexity index is 928. The lowest BCUT2D eigenvalue weighted by molar-refractivity contribution is -0.137. The molecule has 5 heteroatoms. The van der Waals surface area contributed by atoms with Crippen LogP contribution in [0.15, 0.2) is 54.7 Å². The number of hydrogen-bond acceptors (Lipinski definition) is 3. The van der Waals surface area contributed by atoms with Crippen molar-refractivity contribution >= 4 is 34.5 Å². The Kier molecular flexibility index (Phi) is 6.55. The third-order valence-corrected chi connectivity index (χ3v) is 4.40. The second-order valence-electron chi connectivity index (χ2n) is 6.11. The van der Waals surface area contributed by atoms with Crippen molar-refractivity contribution in [1.82, 2.24) is 4.98 Å².